The molecule has 0 spiro atoms. The molecular formula is C9H12N4O4. The second kappa shape index (κ2) is 6.26. The maximum absolute atomic E-state index is 11.0. The third-order valence-corrected chi connectivity index (χ3v) is 1.60. The van der Waals surface area contributed by atoms with Crippen molar-refractivity contribution in [2.24, 2.45) is 0 Å². The molecule has 1 heterocycles. The molecule has 17 heavy (non-hydrogen) atoms. The monoisotopic (exact) mass is 240 g/mol. The van der Waals surface area contributed by atoms with Crippen molar-refractivity contribution in [2.45, 2.75) is 13.1 Å². The number of carbonyl (C=O) groups is 2. The molecule has 1 rings (SSSR count). The number of amides is 1. The van der Waals surface area contributed by atoms with Crippen molar-refractivity contribution in [3.8, 4) is 0 Å². The normalized spacial score (nSPS) is 9.65. The molecule has 0 atom stereocenters. The van der Waals surface area contributed by atoms with Gasteiger partial charge in [-0.15, -0.1) is 0 Å². The lowest BCUT2D eigenvalue weighted by Crippen LogP contribution is -2.24. The summed E-state index contributed by atoms with van der Waals surface area (Å²) in [6, 6.07) is 0. The lowest BCUT2D eigenvalue weighted by Gasteiger charge is -2.02. The SMILES string of the molecule is C=CCOC(=O)NCc1ncn(CC(=O)O)n1. The van der Waals surface area contributed by atoms with E-state index >= 15 is 0 Å². The zero-order valence-corrected chi connectivity index (χ0v) is 9.00. The van der Waals surface area contributed by atoms with Crippen molar-refractivity contribution in [1.29, 1.82) is 0 Å². The molecule has 0 aliphatic rings. The van der Waals surface area contributed by atoms with E-state index < -0.39 is 12.1 Å². The van der Waals surface area contributed by atoms with Gasteiger partial charge in [0.1, 0.15) is 19.5 Å². The van der Waals surface area contributed by atoms with E-state index in [2.05, 4.69) is 26.7 Å². The molecule has 1 aromatic heterocycles. The number of ether oxygens (including phenoxy) is 1. The van der Waals surface area contributed by atoms with Crippen LogP contribution in [0.4, 0.5) is 4.79 Å². The maximum atomic E-state index is 11.0. The van der Waals surface area contributed by atoms with E-state index in [9.17, 15) is 9.59 Å². The fourth-order valence-corrected chi connectivity index (χ4v) is 0.966. The Labute approximate surface area is 96.9 Å². The Morgan fingerprint density at radius 3 is 3.06 bits per heavy atom. The number of rotatable bonds is 6. The minimum absolute atomic E-state index is 0.0720. The summed E-state index contributed by atoms with van der Waals surface area (Å²) in [6.07, 6.45) is 2.11. The van der Waals surface area contributed by atoms with Crippen molar-refractivity contribution in [3.05, 3.63) is 24.8 Å². The van der Waals surface area contributed by atoms with Gasteiger partial charge in [-0.1, -0.05) is 12.7 Å². The van der Waals surface area contributed by atoms with Gasteiger partial charge in [0.15, 0.2) is 5.82 Å². The van der Waals surface area contributed by atoms with Crippen LogP contribution >= 0.6 is 0 Å². The van der Waals surface area contributed by atoms with Crippen LogP contribution in [0.1, 0.15) is 5.82 Å². The number of carboxylic acid groups (broad SMARTS) is 1. The van der Waals surface area contributed by atoms with Crippen molar-refractivity contribution >= 4 is 12.1 Å². The number of hydrogen-bond donors (Lipinski definition) is 2. The lowest BCUT2D eigenvalue weighted by molar-refractivity contribution is -0.137. The summed E-state index contributed by atoms with van der Waals surface area (Å²) in [5, 5.41) is 14.7. The highest BCUT2D eigenvalue weighted by atomic mass is 16.5. The van der Waals surface area contributed by atoms with Gasteiger partial charge in [0.25, 0.3) is 0 Å². The van der Waals surface area contributed by atoms with E-state index in [0.717, 1.165) is 4.68 Å². The van der Waals surface area contributed by atoms with Crippen LogP contribution in [-0.4, -0.2) is 38.5 Å². The molecule has 0 aromatic carbocycles. The zero-order valence-electron chi connectivity index (χ0n) is 9.00. The summed E-state index contributed by atoms with van der Waals surface area (Å²) in [6.45, 7) is 3.31. The minimum atomic E-state index is -1.01. The van der Waals surface area contributed by atoms with Gasteiger partial charge in [0.05, 0.1) is 6.54 Å². The van der Waals surface area contributed by atoms with E-state index in [4.69, 9.17) is 5.11 Å². The van der Waals surface area contributed by atoms with Crippen molar-refractivity contribution in [2.75, 3.05) is 6.61 Å². The highest BCUT2D eigenvalue weighted by molar-refractivity contribution is 5.67. The molecular weight excluding hydrogens is 228 g/mol. The third-order valence-electron chi connectivity index (χ3n) is 1.60. The molecule has 0 fully saturated rings. The molecule has 1 aromatic rings. The van der Waals surface area contributed by atoms with Gasteiger partial charge in [-0.2, -0.15) is 5.10 Å². The van der Waals surface area contributed by atoms with Crippen molar-refractivity contribution in [3.63, 3.8) is 0 Å². The van der Waals surface area contributed by atoms with Gasteiger partial charge in [-0.05, 0) is 0 Å². The average Bonchev–Trinajstić information content (AvgIpc) is 2.70. The molecule has 8 heteroatoms. The first kappa shape index (κ1) is 12.7. The highest BCUT2D eigenvalue weighted by Gasteiger charge is 2.06. The Morgan fingerprint density at radius 2 is 2.41 bits per heavy atom. The smallest absolute Gasteiger partial charge is 0.407 e. The Kier molecular flexibility index (Phi) is 4.67. The number of nitrogens with zero attached hydrogens (tertiary/aromatic N) is 3. The first-order valence-corrected chi connectivity index (χ1v) is 4.73. The molecule has 0 bridgehead atoms. The summed E-state index contributed by atoms with van der Waals surface area (Å²) >= 11 is 0. The second-order valence-corrected chi connectivity index (χ2v) is 2.99. The fraction of sp³-hybridized carbons (Fsp3) is 0.333. The molecule has 1 amide bonds. The summed E-state index contributed by atoms with van der Waals surface area (Å²) < 4.78 is 5.82. The Balaban J connectivity index is 2.36. The standard InChI is InChI=1S/C9H12N4O4/c1-2-3-17-9(16)10-4-7-11-6-13(12-7)5-8(14)15/h2,6H,1,3-5H2,(H,10,16)(H,14,15). The summed E-state index contributed by atoms with van der Waals surface area (Å²) in [4.78, 5) is 25.2. The number of hydrogen-bond acceptors (Lipinski definition) is 5. The number of carboxylic acids is 1. The number of alkyl carbamates (subject to hydrolysis) is 1. The topological polar surface area (TPSA) is 106 Å². The molecule has 0 radical (unpaired) electrons. The van der Waals surface area contributed by atoms with Crippen LogP contribution < -0.4 is 5.32 Å². The lowest BCUT2D eigenvalue weighted by atomic mass is 10.6. The molecule has 92 valence electrons. The van der Waals surface area contributed by atoms with Crippen LogP contribution in [0.5, 0.6) is 0 Å². The number of aliphatic carboxylic acids is 1. The van der Waals surface area contributed by atoms with Crippen molar-refractivity contribution < 1.29 is 19.4 Å². The van der Waals surface area contributed by atoms with Crippen LogP contribution in [0.3, 0.4) is 0 Å². The van der Waals surface area contributed by atoms with Crippen LogP contribution in [0.2, 0.25) is 0 Å². The largest absolute Gasteiger partial charge is 0.480 e. The average molecular weight is 240 g/mol. The van der Waals surface area contributed by atoms with E-state index in [1.807, 2.05) is 0 Å². The third kappa shape index (κ3) is 4.78. The number of carbonyl (C=O) groups excluding carboxylic acids is 1. The predicted molar refractivity (Wildman–Crippen MR) is 56.0 cm³/mol. The fourth-order valence-electron chi connectivity index (χ4n) is 0.966. The molecule has 8 nitrogen and oxygen atoms in total. The second-order valence-electron chi connectivity index (χ2n) is 2.99. The van der Waals surface area contributed by atoms with E-state index in [1.165, 1.54) is 12.4 Å². The predicted octanol–water partition coefficient (Wildman–Crippen LogP) is -0.225. The van der Waals surface area contributed by atoms with E-state index in [-0.39, 0.29) is 19.7 Å². The van der Waals surface area contributed by atoms with Crippen LogP contribution in [0.15, 0.2) is 19.0 Å². The van der Waals surface area contributed by atoms with Gasteiger partial charge in [0, 0.05) is 0 Å². The van der Waals surface area contributed by atoms with Crippen LogP contribution in [0, 0.1) is 0 Å². The van der Waals surface area contributed by atoms with E-state index in [1.54, 1.807) is 0 Å². The van der Waals surface area contributed by atoms with Gasteiger partial charge >= 0.3 is 12.1 Å². The van der Waals surface area contributed by atoms with E-state index in [0.29, 0.717) is 5.82 Å². The highest BCUT2D eigenvalue weighted by Crippen LogP contribution is 1.90. The van der Waals surface area contributed by atoms with Crippen molar-refractivity contribution in [1.82, 2.24) is 20.1 Å². The maximum Gasteiger partial charge on any atom is 0.407 e. The Hall–Kier alpha value is -2.38. The van der Waals surface area contributed by atoms with Gasteiger partial charge in [-0.25, -0.2) is 14.5 Å². The summed E-state index contributed by atoms with van der Waals surface area (Å²) in [5.74, 6) is -0.707. The number of aromatic nitrogens is 3. The summed E-state index contributed by atoms with van der Waals surface area (Å²) in [5.41, 5.74) is 0. The zero-order chi connectivity index (χ0) is 12.7. The van der Waals surface area contributed by atoms with Crippen LogP contribution in [0.25, 0.3) is 0 Å². The number of nitrogens with one attached hydrogen (secondary N) is 1. The molecule has 0 aliphatic heterocycles. The van der Waals surface area contributed by atoms with Gasteiger partial charge in [0.2, 0.25) is 0 Å². The molecule has 0 unspecified atom stereocenters. The quantitative estimate of drug-likeness (QED) is 0.665. The summed E-state index contributed by atoms with van der Waals surface area (Å²) in [7, 11) is 0. The van der Waals surface area contributed by atoms with Gasteiger partial charge < -0.3 is 15.2 Å². The van der Waals surface area contributed by atoms with Gasteiger partial charge in [-0.3, -0.25) is 4.79 Å². The molecule has 0 saturated heterocycles. The molecule has 2 N–H and O–H groups in total. The first-order valence-electron chi connectivity index (χ1n) is 4.73. The Bertz CT molecular complexity index is 415. The Morgan fingerprint density at radius 1 is 1.65 bits per heavy atom. The first-order chi connectivity index (χ1) is 8.11. The molecule has 0 saturated carbocycles. The molecule has 0 aliphatic carbocycles. The minimum Gasteiger partial charge on any atom is -0.480 e. The van der Waals surface area contributed by atoms with Crippen LogP contribution in [-0.2, 0) is 22.6 Å².